The van der Waals surface area contributed by atoms with Gasteiger partial charge in [0.05, 0.1) is 11.1 Å². The number of aryl methyl sites for hydroxylation is 2. The predicted molar refractivity (Wildman–Crippen MR) is 116 cm³/mol. The number of benzene rings is 1. The summed E-state index contributed by atoms with van der Waals surface area (Å²) in [5.41, 5.74) is 2.81. The van der Waals surface area contributed by atoms with E-state index in [1.165, 1.54) is 22.5 Å². The molecule has 0 radical (unpaired) electrons. The van der Waals surface area contributed by atoms with Crippen LogP contribution >= 0.6 is 0 Å². The van der Waals surface area contributed by atoms with Gasteiger partial charge in [0, 0.05) is 48.5 Å². The standard InChI is InChI=1S/C22H24FN5O2S/c1-15-10-19(5-6-20(15)23)31(29,30)28-9-3-4-17(14-28)21-12-18(11-16(2)26-21)27-22-13-24-7-8-25-22/h5-8,10-13,17H,3-4,9,14H2,1-2H3,(H,25,26,27). The van der Waals surface area contributed by atoms with Crippen LogP contribution in [0.5, 0.6) is 0 Å². The average molecular weight is 442 g/mol. The van der Waals surface area contributed by atoms with Crippen LogP contribution in [0, 0.1) is 19.7 Å². The average Bonchev–Trinajstić information content (AvgIpc) is 2.76. The minimum Gasteiger partial charge on any atom is -0.339 e. The van der Waals surface area contributed by atoms with E-state index >= 15 is 0 Å². The van der Waals surface area contributed by atoms with E-state index in [1.54, 1.807) is 25.5 Å². The number of nitrogens with one attached hydrogen (secondary N) is 1. The summed E-state index contributed by atoms with van der Waals surface area (Å²) in [6, 6.07) is 7.77. The maximum Gasteiger partial charge on any atom is 0.243 e. The summed E-state index contributed by atoms with van der Waals surface area (Å²) in [4.78, 5) is 13.1. The van der Waals surface area contributed by atoms with Crippen LogP contribution in [-0.2, 0) is 10.0 Å². The molecule has 1 saturated heterocycles. The van der Waals surface area contributed by atoms with Crippen molar-refractivity contribution in [2.24, 2.45) is 0 Å². The van der Waals surface area contributed by atoms with Gasteiger partial charge in [0.25, 0.3) is 0 Å². The molecule has 2 aromatic heterocycles. The van der Waals surface area contributed by atoms with E-state index in [-0.39, 0.29) is 10.8 Å². The molecule has 0 spiro atoms. The lowest BCUT2D eigenvalue weighted by atomic mass is 9.95. The van der Waals surface area contributed by atoms with Gasteiger partial charge in [-0.1, -0.05) is 0 Å². The number of sulfonamides is 1. The van der Waals surface area contributed by atoms with Crippen molar-refractivity contribution in [2.45, 2.75) is 37.5 Å². The van der Waals surface area contributed by atoms with Crippen molar-refractivity contribution in [2.75, 3.05) is 18.4 Å². The number of pyridine rings is 1. The van der Waals surface area contributed by atoms with Crippen LogP contribution in [0.15, 0.2) is 53.8 Å². The minimum atomic E-state index is -3.71. The Morgan fingerprint density at radius 1 is 1.16 bits per heavy atom. The van der Waals surface area contributed by atoms with Gasteiger partial charge in [-0.25, -0.2) is 17.8 Å². The van der Waals surface area contributed by atoms with Gasteiger partial charge in [-0.3, -0.25) is 9.97 Å². The van der Waals surface area contributed by atoms with E-state index in [1.807, 2.05) is 19.1 Å². The maximum absolute atomic E-state index is 13.6. The predicted octanol–water partition coefficient (Wildman–Crippen LogP) is 3.94. The van der Waals surface area contributed by atoms with Crippen molar-refractivity contribution >= 4 is 21.5 Å². The summed E-state index contributed by atoms with van der Waals surface area (Å²) < 4.78 is 41.4. The van der Waals surface area contributed by atoms with Crippen LogP contribution in [0.25, 0.3) is 0 Å². The van der Waals surface area contributed by atoms with Crippen LogP contribution in [0.4, 0.5) is 15.9 Å². The van der Waals surface area contributed by atoms with E-state index in [0.29, 0.717) is 24.5 Å². The number of aromatic nitrogens is 3. The van der Waals surface area contributed by atoms with Gasteiger partial charge in [0.1, 0.15) is 11.6 Å². The molecule has 1 aliphatic rings. The number of nitrogens with zero attached hydrogens (tertiary/aromatic N) is 4. The smallest absolute Gasteiger partial charge is 0.243 e. The monoisotopic (exact) mass is 441 g/mol. The van der Waals surface area contributed by atoms with Crippen LogP contribution in [-0.4, -0.2) is 40.8 Å². The third-order valence-corrected chi connectivity index (χ3v) is 7.24. The van der Waals surface area contributed by atoms with Crippen molar-refractivity contribution in [3.05, 3.63) is 71.7 Å². The Balaban J connectivity index is 1.57. The summed E-state index contributed by atoms with van der Waals surface area (Å²) in [5.74, 6) is 0.175. The molecular weight excluding hydrogens is 417 g/mol. The summed E-state index contributed by atoms with van der Waals surface area (Å²) >= 11 is 0. The number of hydrogen-bond donors (Lipinski definition) is 1. The normalized spacial score (nSPS) is 17.5. The molecule has 1 aromatic carbocycles. The zero-order valence-corrected chi connectivity index (χ0v) is 18.2. The molecule has 1 atom stereocenters. The lowest BCUT2D eigenvalue weighted by Gasteiger charge is -2.32. The fourth-order valence-corrected chi connectivity index (χ4v) is 5.43. The molecule has 1 N–H and O–H groups in total. The zero-order chi connectivity index (χ0) is 22.0. The Labute approximate surface area is 181 Å². The largest absolute Gasteiger partial charge is 0.339 e. The Morgan fingerprint density at radius 3 is 2.74 bits per heavy atom. The van der Waals surface area contributed by atoms with E-state index < -0.39 is 15.8 Å². The third-order valence-electron chi connectivity index (χ3n) is 5.38. The number of anilines is 2. The number of piperidine rings is 1. The summed E-state index contributed by atoms with van der Waals surface area (Å²) in [6.45, 7) is 4.24. The molecule has 4 rings (SSSR count). The zero-order valence-electron chi connectivity index (χ0n) is 17.4. The van der Waals surface area contributed by atoms with Crippen molar-refractivity contribution in [3.8, 4) is 0 Å². The molecule has 1 fully saturated rings. The molecular formula is C22H24FN5O2S. The number of rotatable bonds is 5. The first-order chi connectivity index (χ1) is 14.8. The summed E-state index contributed by atoms with van der Waals surface area (Å²) in [5, 5.41) is 3.22. The first kappa shape index (κ1) is 21.3. The molecule has 0 amide bonds. The Kier molecular flexibility index (Phi) is 5.97. The first-order valence-electron chi connectivity index (χ1n) is 10.1. The van der Waals surface area contributed by atoms with Crippen LogP contribution in [0.1, 0.15) is 35.7 Å². The van der Waals surface area contributed by atoms with Gasteiger partial charge in [0.2, 0.25) is 10.0 Å². The molecule has 0 saturated carbocycles. The van der Waals surface area contributed by atoms with E-state index in [9.17, 15) is 12.8 Å². The molecule has 7 nitrogen and oxygen atoms in total. The molecule has 9 heteroatoms. The quantitative estimate of drug-likeness (QED) is 0.645. The van der Waals surface area contributed by atoms with Gasteiger partial charge in [-0.2, -0.15) is 4.31 Å². The second kappa shape index (κ2) is 8.68. The second-order valence-electron chi connectivity index (χ2n) is 7.75. The Hall–Kier alpha value is -2.91. The molecule has 1 unspecified atom stereocenters. The topological polar surface area (TPSA) is 88.1 Å². The highest BCUT2D eigenvalue weighted by Crippen LogP contribution is 2.31. The Bertz CT molecular complexity index is 1190. The summed E-state index contributed by atoms with van der Waals surface area (Å²) in [6.07, 6.45) is 6.42. The Morgan fingerprint density at radius 2 is 2.00 bits per heavy atom. The lowest BCUT2D eigenvalue weighted by molar-refractivity contribution is 0.312. The third kappa shape index (κ3) is 4.72. The maximum atomic E-state index is 13.6. The lowest BCUT2D eigenvalue weighted by Crippen LogP contribution is -2.39. The van der Waals surface area contributed by atoms with Gasteiger partial charge in [-0.15, -0.1) is 0 Å². The summed E-state index contributed by atoms with van der Waals surface area (Å²) in [7, 11) is -3.71. The second-order valence-corrected chi connectivity index (χ2v) is 9.69. The highest BCUT2D eigenvalue weighted by molar-refractivity contribution is 7.89. The van der Waals surface area contributed by atoms with E-state index in [4.69, 9.17) is 0 Å². The fraction of sp³-hybridized carbons (Fsp3) is 0.318. The van der Waals surface area contributed by atoms with Crippen LogP contribution in [0.3, 0.4) is 0 Å². The van der Waals surface area contributed by atoms with Crippen molar-refractivity contribution in [1.29, 1.82) is 0 Å². The minimum absolute atomic E-state index is 0.0348. The van der Waals surface area contributed by atoms with Gasteiger partial charge in [0.15, 0.2) is 0 Å². The van der Waals surface area contributed by atoms with Crippen molar-refractivity contribution < 1.29 is 12.8 Å². The first-order valence-corrected chi connectivity index (χ1v) is 11.5. The van der Waals surface area contributed by atoms with Crippen LogP contribution < -0.4 is 5.32 Å². The molecule has 0 aliphatic carbocycles. The molecule has 3 aromatic rings. The van der Waals surface area contributed by atoms with Gasteiger partial charge < -0.3 is 5.32 Å². The number of hydrogen-bond acceptors (Lipinski definition) is 6. The van der Waals surface area contributed by atoms with Gasteiger partial charge in [-0.05, 0) is 62.6 Å². The van der Waals surface area contributed by atoms with Crippen LogP contribution in [0.2, 0.25) is 0 Å². The molecule has 0 bridgehead atoms. The fourth-order valence-electron chi connectivity index (χ4n) is 3.82. The van der Waals surface area contributed by atoms with E-state index in [0.717, 1.165) is 29.9 Å². The SMILES string of the molecule is Cc1cc(Nc2cnccn2)cc(C2CCCN(S(=O)(=O)c3ccc(F)c(C)c3)C2)n1. The van der Waals surface area contributed by atoms with Crippen molar-refractivity contribution in [1.82, 2.24) is 19.3 Å². The molecule has 3 heterocycles. The highest BCUT2D eigenvalue weighted by atomic mass is 32.2. The molecule has 1 aliphatic heterocycles. The van der Waals surface area contributed by atoms with Crippen molar-refractivity contribution in [3.63, 3.8) is 0 Å². The molecule has 31 heavy (non-hydrogen) atoms. The number of halogens is 1. The van der Waals surface area contributed by atoms with E-state index in [2.05, 4.69) is 20.3 Å². The van der Waals surface area contributed by atoms with Gasteiger partial charge >= 0.3 is 0 Å². The highest BCUT2D eigenvalue weighted by Gasteiger charge is 2.32. The molecule has 162 valence electrons.